The first-order chi connectivity index (χ1) is 15.9. The van der Waals surface area contributed by atoms with Gasteiger partial charge in [-0.3, -0.25) is 9.39 Å². The highest BCUT2D eigenvalue weighted by Gasteiger charge is 2.53. The van der Waals surface area contributed by atoms with E-state index in [0.29, 0.717) is 11.8 Å². The summed E-state index contributed by atoms with van der Waals surface area (Å²) in [4.78, 5) is 2.49. The summed E-state index contributed by atoms with van der Waals surface area (Å²) in [5, 5.41) is 0. The van der Waals surface area contributed by atoms with Crippen LogP contribution in [0.15, 0.2) is 42.5 Å². The lowest BCUT2D eigenvalue weighted by Crippen LogP contribution is -2.67. The van der Waals surface area contributed by atoms with Gasteiger partial charge in [-0.1, -0.05) is 58.0 Å². The molecule has 0 saturated carbocycles. The zero-order chi connectivity index (χ0) is 24.8. The van der Waals surface area contributed by atoms with E-state index in [9.17, 15) is 0 Å². The maximum absolute atomic E-state index is 7.61. The van der Waals surface area contributed by atoms with E-state index in [1.54, 1.807) is 0 Å². The summed E-state index contributed by atoms with van der Waals surface area (Å²) in [5.74, 6) is 2.24. The highest BCUT2D eigenvalue weighted by molar-refractivity contribution is 7.55. The first kappa shape index (κ1) is 25.7. The second-order valence-electron chi connectivity index (χ2n) is 11.5. The Balaban J connectivity index is 1.90. The van der Waals surface area contributed by atoms with Gasteiger partial charge in [0, 0.05) is 16.8 Å². The third-order valence-electron chi connectivity index (χ3n) is 7.25. The number of nitrogens with zero attached hydrogens (tertiary/aromatic N) is 2. The first-order valence-electron chi connectivity index (χ1n) is 12.5. The average molecular weight is 501 g/mol. The smallest absolute Gasteiger partial charge is 0.419 e. The summed E-state index contributed by atoms with van der Waals surface area (Å²) in [6.07, 6.45) is 2.99. The number of fused-ring (bicyclic) bond motifs is 1. The van der Waals surface area contributed by atoms with Crippen LogP contribution in [0.1, 0.15) is 97.6 Å². The lowest BCUT2D eigenvalue weighted by atomic mass is 9.74. The Kier molecular flexibility index (Phi) is 7.22. The van der Waals surface area contributed by atoms with Gasteiger partial charge in [-0.05, 0) is 82.1 Å². The summed E-state index contributed by atoms with van der Waals surface area (Å²) in [7, 11) is -1.48. The fourth-order valence-corrected chi connectivity index (χ4v) is 7.96. The van der Waals surface area contributed by atoms with Gasteiger partial charge in [0.05, 0.1) is 0 Å². The molecule has 184 valence electrons. The molecule has 0 spiro atoms. The van der Waals surface area contributed by atoms with Crippen LogP contribution < -0.4 is 13.6 Å². The molecule has 0 aromatic heterocycles. The summed E-state index contributed by atoms with van der Waals surface area (Å²) in [5.41, 5.74) is 3.59. The SMILES string of the molecule is CC(C)c1cccc(C(C)C)c1N(B(Cl)N1C(C)(C)CCCC1(C)C)P1Oc2ccccc2O1. The molecule has 2 aliphatic heterocycles. The van der Waals surface area contributed by atoms with Crippen LogP contribution in [0.4, 0.5) is 5.69 Å². The van der Waals surface area contributed by atoms with Crippen LogP contribution in [-0.2, 0) is 0 Å². The van der Waals surface area contributed by atoms with Gasteiger partial charge in [0.2, 0.25) is 0 Å². The number of hydrogen-bond donors (Lipinski definition) is 0. The largest absolute Gasteiger partial charge is 0.461 e. The van der Waals surface area contributed by atoms with Crippen molar-refractivity contribution in [3.63, 3.8) is 0 Å². The molecule has 2 aliphatic rings. The molecular weight excluding hydrogens is 462 g/mol. The van der Waals surface area contributed by atoms with E-state index in [1.807, 2.05) is 24.3 Å². The van der Waals surface area contributed by atoms with Gasteiger partial charge in [0.1, 0.15) is 0 Å². The van der Waals surface area contributed by atoms with Crippen LogP contribution in [0.2, 0.25) is 0 Å². The lowest BCUT2D eigenvalue weighted by molar-refractivity contribution is 0.0515. The summed E-state index contributed by atoms with van der Waals surface area (Å²) < 4.78 is 15.3. The van der Waals surface area contributed by atoms with Crippen LogP contribution >= 0.6 is 20.0 Å². The van der Waals surface area contributed by atoms with Gasteiger partial charge < -0.3 is 9.05 Å². The molecule has 0 N–H and O–H groups in total. The fourth-order valence-electron chi connectivity index (χ4n) is 5.62. The first-order valence-corrected chi connectivity index (χ1v) is 14.1. The van der Waals surface area contributed by atoms with Crippen LogP contribution in [0.25, 0.3) is 0 Å². The van der Waals surface area contributed by atoms with Crippen molar-refractivity contribution in [2.75, 3.05) is 4.58 Å². The maximum atomic E-state index is 7.61. The number of halogens is 1. The van der Waals surface area contributed by atoms with E-state index in [0.717, 1.165) is 30.0 Å². The molecule has 0 atom stereocenters. The number of rotatable bonds is 6. The van der Waals surface area contributed by atoms with E-state index < -0.39 is 14.9 Å². The van der Waals surface area contributed by atoms with Crippen molar-refractivity contribution in [1.29, 1.82) is 0 Å². The topological polar surface area (TPSA) is 24.9 Å². The molecule has 2 aromatic carbocycles. The number of piperidine rings is 1. The third kappa shape index (κ3) is 4.69. The predicted octanol–water partition coefficient (Wildman–Crippen LogP) is 8.70. The second kappa shape index (κ2) is 9.56. The fraction of sp³-hybridized carbons (Fsp3) is 0.556. The maximum Gasteiger partial charge on any atom is 0.461 e. The van der Waals surface area contributed by atoms with E-state index in [2.05, 4.69) is 83.0 Å². The Morgan fingerprint density at radius 1 is 0.853 bits per heavy atom. The molecule has 0 aliphatic carbocycles. The van der Waals surface area contributed by atoms with E-state index in [-0.39, 0.29) is 11.1 Å². The van der Waals surface area contributed by atoms with E-state index in [1.165, 1.54) is 17.5 Å². The van der Waals surface area contributed by atoms with E-state index >= 15 is 0 Å². The van der Waals surface area contributed by atoms with Crippen molar-refractivity contribution in [3.05, 3.63) is 53.6 Å². The predicted molar refractivity (Wildman–Crippen MR) is 147 cm³/mol. The number of anilines is 1. The summed E-state index contributed by atoms with van der Waals surface area (Å²) in [6, 6.07) is 14.6. The second-order valence-corrected chi connectivity index (χ2v) is 13.1. The van der Waals surface area contributed by atoms with E-state index in [4.69, 9.17) is 20.5 Å². The van der Waals surface area contributed by atoms with Gasteiger partial charge in [-0.15, -0.1) is 11.5 Å². The van der Waals surface area contributed by atoms with Crippen LogP contribution in [0.5, 0.6) is 11.5 Å². The number of hydrogen-bond acceptors (Lipinski definition) is 4. The molecular formula is C27H39BClN2O2P. The quantitative estimate of drug-likeness (QED) is 0.292. The van der Waals surface area contributed by atoms with Crippen LogP contribution in [0.3, 0.4) is 0 Å². The number of benzene rings is 2. The minimum atomic E-state index is -1.48. The van der Waals surface area contributed by atoms with Gasteiger partial charge in [-0.2, -0.15) is 0 Å². The van der Waals surface area contributed by atoms with Gasteiger partial charge >= 0.3 is 14.9 Å². The Bertz CT molecular complexity index is 962. The molecule has 4 rings (SSSR count). The molecule has 0 unspecified atom stereocenters. The Hall–Kier alpha value is -1.42. The number of para-hydroxylation sites is 3. The molecule has 1 fully saturated rings. The summed E-state index contributed by atoms with van der Waals surface area (Å²) in [6.45, 7) is 18.3. The molecule has 0 bridgehead atoms. The highest BCUT2D eigenvalue weighted by atomic mass is 35.5. The standard InChI is InChI=1S/C27H39BClN2O2P/c1-19(2)21-13-11-14-22(20(3)4)25(21)30(34-32-23-15-9-10-16-24(23)33-34)28(29)31-26(5,6)17-12-18-27(31,7)8/h9-11,13-16,19-20H,12,17-18H2,1-8H3. The van der Waals surface area contributed by atoms with Crippen molar-refractivity contribution in [2.24, 2.45) is 0 Å². The molecule has 2 aromatic rings. The Morgan fingerprint density at radius 3 is 1.76 bits per heavy atom. The molecule has 0 amide bonds. The van der Waals surface area contributed by atoms with Crippen molar-refractivity contribution in [2.45, 2.75) is 97.6 Å². The van der Waals surface area contributed by atoms with Crippen molar-refractivity contribution >= 4 is 32.1 Å². The Labute approximate surface area is 213 Å². The van der Waals surface area contributed by atoms with Crippen LogP contribution in [0, 0.1) is 0 Å². The zero-order valence-electron chi connectivity index (χ0n) is 21.9. The van der Waals surface area contributed by atoms with Crippen molar-refractivity contribution < 1.29 is 9.05 Å². The molecule has 1 saturated heterocycles. The minimum Gasteiger partial charge on any atom is -0.419 e. The Morgan fingerprint density at radius 2 is 1.32 bits per heavy atom. The lowest BCUT2D eigenvalue weighted by Gasteiger charge is -2.55. The molecule has 2 heterocycles. The van der Waals surface area contributed by atoms with Crippen molar-refractivity contribution in [1.82, 2.24) is 4.81 Å². The highest BCUT2D eigenvalue weighted by Crippen LogP contribution is 2.59. The van der Waals surface area contributed by atoms with Gasteiger partial charge in [0.25, 0.3) is 0 Å². The van der Waals surface area contributed by atoms with Crippen LogP contribution in [-0.4, -0.2) is 22.3 Å². The normalized spacial score (nSPS) is 19.6. The van der Waals surface area contributed by atoms with Crippen molar-refractivity contribution in [3.8, 4) is 11.5 Å². The van der Waals surface area contributed by atoms with Gasteiger partial charge in [-0.25, -0.2) is 0 Å². The third-order valence-corrected chi connectivity index (χ3v) is 9.25. The molecule has 7 heteroatoms. The minimum absolute atomic E-state index is 0.0565. The molecule has 34 heavy (non-hydrogen) atoms. The monoisotopic (exact) mass is 500 g/mol. The average Bonchev–Trinajstić information content (AvgIpc) is 3.15. The zero-order valence-corrected chi connectivity index (χ0v) is 23.6. The van der Waals surface area contributed by atoms with Gasteiger partial charge in [0.15, 0.2) is 11.5 Å². The molecule has 0 radical (unpaired) electrons. The summed E-state index contributed by atoms with van der Waals surface area (Å²) >= 11 is 7.61. The molecule has 4 nitrogen and oxygen atoms in total.